The summed E-state index contributed by atoms with van der Waals surface area (Å²) < 4.78 is 0. The molecular weight excluding hydrogens is 428 g/mol. The highest BCUT2D eigenvalue weighted by atomic mass is 32.2. The lowest BCUT2D eigenvalue weighted by Gasteiger charge is -2.55. The van der Waals surface area contributed by atoms with Crippen molar-refractivity contribution in [2.45, 2.75) is 57.7 Å². The van der Waals surface area contributed by atoms with Gasteiger partial charge in [0.15, 0.2) is 0 Å². The zero-order chi connectivity index (χ0) is 22.7. The molecule has 1 N–H and O–H groups in total. The fourth-order valence-corrected chi connectivity index (χ4v) is 8.39. The largest absolute Gasteiger partial charge is 0.326 e. The molecular formula is C28H32N2O2S. The van der Waals surface area contributed by atoms with Gasteiger partial charge in [-0.25, -0.2) is 0 Å². The van der Waals surface area contributed by atoms with Gasteiger partial charge in [0.05, 0.1) is 11.2 Å². The number of carbonyl (C=O) groups is 2. The molecule has 1 unspecified atom stereocenters. The number of carbonyl (C=O) groups excluding carboxylic acids is 2. The first-order valence-corrected chi connectivity index (χ1v) is 13.4. The SMILES string of the molecule is Cc1ccc(N2C(=O)CSC2c2ccc(NC(=O)C34CC5CC(CC(C5)C3)C4)cc2)cc1C. The molecule has 4 saturated carbocycles. The second kappa shape index (κ2) is 7.90. The van der Waals surface area contributed by atoms with E-state index in [1.165, 1.54) is 30.4 Å². The molecule has 1 aliphatic heterocycles. The van der Waals surface area contributed by atoms with Crippen LogP contribution >= 0.6 is 11.8 Å². The van der Waals surface area contributed by atoms with Gasteiger partial charge in [0.1, 0.15) is 5.37 Å². The Balaban J connectivity index is 1.19. The topological polar surface area (TPSA) is 49.4 Å². The molecule has 5 fully saturated rings. The Morgan fingerprint density at radius 3 is 2.18 bits per heavy atom. The van der Waals surface area contributed by atoms with E-state index in [9.17, 15) is 9.59 Å². The van der Waals surface area contributed by atoms with Gasteiger partial charge in [-0.2, -0.15) is 0 Å². The summed E-state index contributed by atoms with van der Waals surface area (Å²) in [4.78, 5) is 28.0. The molecule has 2 aromatic carbocycles. The van der Waals surface area contributed by atoms with Crippen molar-refractivity contribution in [2.24, 2.45) is 23.2 Å². The smallest absolute Gasteiger partial charge is 0.238 e. The lowest BCUT2D eigenvalue weighted by Crippen LogP contribution is -2.51. The zero-order valence-corrected chi connectivity index (χ0v) is 20.3. The van der Waals surface area contributed by atoms with E-state index >= 15 is 0 Å². The molecule has 5 aliphatic rings. The van der Waals surface area contributed by atoms with Gasteiger partial charge in [0.2, 0.25) is 11.8 Å². The van der Waals surface area contributed by atoms with Crippen LogP contribution in [-0.2, 0) is 9.59 Å². The van der Waals surface area contributed by atoms with Crippen molar-refractivity contribution in [2.75, 3.05) is 16.0 Å². The average Bonchev–Trinajstić information content (AvgIpc) is 3.16. The van der Waals surface area contributed by atoms with Crippen LogP contribution in [0, 0.1) is 37.0 Å². The second-order valence-electron chi connectivity index (χ2n) is 11.0. The second-order valence-corrected chi connectivity index (χ2v) is 12.0. The first-order chi connectivity index (χ1) is 15.9. The quantitative estimate of drug-likeness (QED) is 0.588. The molecule has 0 radical (unpaired) electrons. The molecule has 7 rings (SSSR count). The van der Waals surface area contributed by atoms with Crippen molar-refractivity contribution in [1.29, 1.82) is 0 Å². The van der Waals surface area contributed by atoms with Crippen LogP contribution in [0.1, 0.15) is 60.6 Å². The van der Waals surface area contributed by atoms with Gasteiger partial charge in [-0.15, -0.1) is 11.8 Å². The molecule has 0 aromatic heterocycles. The van der Waals surface area contributed by atoms with Gasteiger partial charge in [-0.3, -0.25) is 14.5 Å². The van der Waals surface area contributed by atoms with Crippen LogP contribution in [-0.4, -0.2) is 17.6 Å². The third kappa shape index (κ3) is 3.69. The molecule has 1 heterocycles. The van der Waals surface area contributed by atoms with Crippen molar-refractivity contribution in [3.63, 3.8) is 0 Å². The number of amides is 2. The fraction of sp³-hybridized carbons (Fsp3) is 0.500. The summed E-state index contributed by atoms with van der Waals surface area (Å²) in [5, 5.41) is 3.22. The Morgan fingerprint density at radius 2 is 1.58 bits per heavy atom. The number of nitrogens with zero attached hydrogens (tertiary/aromatic N) is 1. The van der Waals surface area contributed by atoms with E-state index in [2.05, 4.69) is 43.4 Å². The molecule has 5 heteroatoms. The molecule has 4 bridgehead atoms. The predicted molar refractivity (Wildman–Crippen MR) is 134 cm³/mol. The van der Waals surface area contributed by atoms with E-state index in [1.54, 1.807) is 11.8 Å². The molecule has 0 spiro atoms. The fourth-order valence-electron chi connectivity index (χ4n) is 7.21. The number of nitrogens with one attached hydrogen (secondary N) is 1. The zero-order valence-electron chi connectivity index (χ0n) is 19.5. The van der Waals surface area contributed by atoms with Crippen LogP contribution in [0.4, 0.5) is 11.4 Å². The highest BCUT2D eigenvalue weighted by Crippen LogP contribution is 2.60. The molecule has 172 valence electrons. The first kappa shape index (κ1) is 21.3. The summed E-state index contributed by atoms with van der Waals surface area (Å²) in [6.45, 7) is 4.18. The number of benzene rings is 2. The predicted octanol–water partition coefficient (Wildman–Crippen LogP) is 6.24. The van der Waals surface area contributed by atoms with E-state index in [0.29, 0.717) is 5.75 Å². The lowest BCUT2D eigenvalue weighted by molar-refractivity contribution is -0.140. The van der Waals surface area contributed by atoms with E-state index in [-0.39, 0.29) is 22.6 Å². The van der Waals surface area contributed by atoms with E-state index in [0.717, 1.165) is 54.0 Å². The van der Waals surface area contributed by atoms with Crippen LogP contribution < -0.4 is 10.2 Å². The number of thioether (sulfide) groups is 1. The highest BCUT2D eigenvalue weighted by Gasteiger charge is 2.54. The minimum absolute atomic E-state index is 0.0347. The van der Waals surface area contributed by atoms with E-state index < -0.39 is 0 Å². The van der Waals surface area contributed by atoms with Gasteiger partial charge >= 0.3 is 0 Å². The molecule has 2 aromatic rings. The maximum Gasteiger partial charge on any atom is 0.238 e. The monoisotopic (exact) mass is 460 g/mol. The van der Waals surface area contributed by atoms with Gasteiger partial charge in [0.25, 0.3) is 0 Å². The van der Waals surface area contributed by atoms with Crippen molar-refractivity contribution >= 4 is 35.0 Å². The Bertz CT molecular complexity index is 1070. The minimum atomic E-state index is -0.138. The summed E-state index contributed by atoms with van der Waals surface area (Å²) in [6, 6.07) is 14.4. The molecule has 33 heavy (non-hydrogen) atoms. The Hall–Kier alpha value is -2.27. The number of hydrogen-bond acceptors (Lipinski definition) is 3. The number of rotatable bonds is 4. The van der Waals surface area contributed by atoms with Gasteiger partial charge < -0.3 is 5.32 Å². The van der Waals surface area contributed by atoms with E-state index in [1.807, 2.05) is 23.1 Å². The summed E-state index contributed by atoms with van der Waals surface area (Å²) in [5.41, 5.74) is 5.20. The van der Waals surface area contributed by atoms with Gasteiger partial charge in [0, 0.05) is 11.4 Å². The standard InChI is InChI=1S/C28H32N2O2S/c1-17-3-8-24(9-18(17)2)30-25(31)16-33-26(30)22-4-6-23(7-5-22)29-27(32)28-13-19-10-20(14-28)12-21(11-19)15-28/h3-9,19-21,26H,10-16H2,1-2H3,(H,29,32). The molecule has 4 aliphatic carbocycles. The van der Waals surface area contributed by atoms with Crippen LogP contribution in [0.3, 0.4) is 0 Å². The summed E-state index contributed by atoms with van der Waals surface area (Å²) in [5.74, 6) is 3.15. The Morgan fingerprint density at radius 1 is 0.939 bits per heavy atom. The summed E-state index contributed by atoms with van der Waals surface area (Å²) in [6.07, 6.45) is 7.26. The maximum absolute atomic E-state index is 13.4. The van der Waals surface area contributed by atoms with Crippen molar-refractivity contribution < 1.29 is 9.59 Å². The lowest BCUT2D eigenvalue weighted by atomic mass is 9.49. The third-order valence-corrected chi connectivity index (χ3v) is 9.82. The normalized spacial score (nSPS) is 32.4. The number of anilines is 2. The van der Waals surface area contributed by atoms with Crippen LogP contribution in [0.25, 0.3) is 0 Å². The maximum atomic E-state index is 13.4. The average molecular weight is 461 g/mol. The summed E-state index contributed by atoms with van der Waals surface area (Å²) >= 11 is 1.66. The van der Waals surface area contributed by atoms with E-state index in [4.69, 9.17) is 0 Å². The Kier molecular flexibility index (Phi) is 5.09. The van der Waals surface area contributed by atoms with Crippen LogP contribution in [0.15, 0.2) is 42.5 Å². The first-order valence-electron chi connectivity index (χ1n) is 12.3. The van der Waals surface area contributed by atoms with Gasteiger partial charge in [-0.1, -0.05) is 18.2 Å². The Labute approximate surface area is 200 Å². The molecule has 4 nitrogen and oxygen atoms in total. The minimum Gasteiger partial charge on any atom is -0.326 e. The van der Waals surface area contributed by atoms with Gasteiger partial charge in [-0.05, 0) is 111 Å². The summed E-state index contributed by atoms with van der Waals surface area (Å²) in [7, 11) is 0. The molecule has 1 atom stereocenters. The number of aryl methyl sites for hydroxylation is 2. The van der Waals surface area contributed by atoms with Crippen LogP contribution in [0.2, 0.25) is 0 Å². The molecule has 2 amide bonds. The van der Waals surface area contributed by atoms with Crippen LogP contribution in [0.5, 0.6) is 0 Å². The molecule has 1 saturated heterocycles. The van der Waals surface area contributed by atoms with Crippen molar-refractivity contribution in [3.8, 4) is 0 Å². The highest BCUT2D eigenvalue weighted by molar-refractivity contribution is 8.00. The van der Waals surface area contributed by atoms with Crippen molar-refractivity contribution in [1.82, 2.24) is 0 Å². The van der Waals surface area contributed by atoms with Crippen molar-refractivity contribution in [3.05, 3.63) is 59.2 Å². The third-order valence-electron chi connectivity index (χ3n) is 8.61. The number of hydrogen-bond donors (Lipinski definition) is 1.